The van der Waals surface area contributed by atoms with Gasteiger partial charge < -0.3 is 27.6 Å². The predicted molar refractivity (Wildman–Crippen MR) is 162 cm³/mol. The predicted octanol–water partition coefficient (Wildman–Crippen LogP) is 7.50. The lowest BCUT2D eigenvalue weighted by Crippen LogP contribution is -2.49. The minimum atomic E-state index is -2.73. The van der Waals surface area contributed by atoms with E-state index in [1.54, 1.807) is 0 Å². The summed E-state index contributed by atoms with van der Waals surface area (Å²) in [5.41, 5.74) is 0. The molecule has 1 N–H and O–H groups in total. The highest BCUT2D eigenvalue weighted by Gasteiger charge is 2.41. The topological polar surface area (TPSA) is 57.2 Å². The summed E-state index contributed by atoms with van der Waals surface area (Å²) < 4.78 is 25.0. The number of rotatable bonds is 23. The van der Waals surface area contributed by atoms with Gasteiger partial charge >= 0.3 is 8.80 Å². The highest BCUT2D eigenvalue weighted by molar-refractivity contribution is 6.60. The summed E-state index contributed by atoms with van der Waals surface area (Å²) in [6, 6.07) is 0.831. The van der Waals surface area contributed by atoms with Crippen molar-refractivity contribution in [2.45, 2.75) is 142 Å². The lowest BCUT2D eigenvalue weighted by molar-refractivity contribution is -0.890. The molecule has 6 nitrogen and oxygen atoms in total. The van der Waals surface area contributed by atoms with Crippen molar-refractivity contribution >= 4 is 8.80 Å². The Bertz CT molecular complexity index is 524. The lowest BCUT2D eigenvalue weighted by Gasteiger charge is -2.33. The molecule has 1 heterocycles. The van der Waals surface area contributed by atoms with Gasteiger partial charge in [0.25, 0.3) is 0 Å². The first-order valence-corrected chi connectivity index (χ1v) is 18.4. The molecular formula is C31H66NO5Si+. The van der Waals surface area contributed by atoms with Gasteiger partial charge in [-0.2, -0.15) is 0 Å². The number of ether oxygens (including phenoxy) is 1. The van der Waals surface area contributed by atoms with Crippen molar-refractivity contribution in [2.75, 3.05) is 60.2 Å². The summed E-state index contributed by atoms with van der Waals surface area (Å²) in [6.07, 6.45) is 23.8. The van der Waals surface area contributed by atoms with Crippen LogP contribution in [0.1, 0.15) is 129 Å². The van der Waals surface area contributed by atoms with Crippen LogP contribution in [0.3, 0.4) is 0 Å². The van der Waals surface area contributed by atoms with E-state index in [2.05, 4.69) is 21.0 Å². The van der Waals surface area contributed by atoms with Gasteiger partial charge in [-0.1, -0.05) is 96.8 Å². The number of quaternary nitrogens is 1. The molecule has 38 heavy (non-hydrogen) atoms. The molecule has 1 aliphatic rings. The van der Waals surface area contributed by atoms with Gasteiger partial charge in [-0.25, -0.2) is 0 Å². The average Bonchev–Trinajstić information content (AvgIpc) is 2.88. The van der Waals surface area contributed by atoms with E-state index in [-0.39, 0.29) is 0 Å². The minimum Gasteiger partial charge on any atom is -0.391 e. The van der Waals surface area contributed by atoms with Crippen molar-refractivity contribution < 1.29 is 27.6 Å². The van der Waals surface area contributed by atoms with Crippen LogP contribution in [-0.2, 0) is 18.0 Å². The first-order chi connectivity index (χ1) is 18.4. The second-order valence-corrected chi connectivity index (χ2v) is 14.9. The minimum absolute atomic E-state index is 0.348. The summed E-state index contributed by atoms with van der Waals surface area (Å²) in [4.78, 5) is 0. The van der Waals surface area contributed by atoms with E-state index >= 15 is 0 Å². The molecule has 1 fully saturated rings. The zero-order valence-corrected chi connectivity index (χ0v) is 27.0. The van der Waals surface area contributed by atoms with Gasteiger partial charge in [0.05, 0.1) is 53.1 Å². The highest BCUT2D eigenvalue weighted by atomic mass is 28.4. The van der Waals surface area contributed by atoms with Crippen molar-refractivity contribution in [3.05, 3.63) is 0 Å². The maximum atomic E-state index is 9.98. The Morgan fingerprint density at radius 1 is 0.684 bits per heavy atom. The van der Waals surface area contributed by atoms with Crippen LogP contribution in [0.2, 0.25) is 6.04 Å². The fourth-order valence-corrected chi connectivity index (χ4v) is 7.93. The van der Waals surface area contributed by atoms with Gasteiger partial charge in [0.2, 0.25) is 0 Å². The molecule has 0 bridgehead atoms. The molecule has 0 radical (unpaired) electrons. The standard InChI is InChI=1S/C31H66NO5Si/c1-5-7-8-9-10-11-12-13-14-15-16-17-18-19-20-21-24-32(3,4)25-22-29-38(35-6-2)36-26-23-31(33)30-34-27-28-37-38/h31,33H,5-30H2,1-4H3/q+1. The molecule has 0 aromatic carbocycles. The molecule has 1 aliphatic heterocycles. The van der Waals surface area contributed by atoms with E-state index < -0.39 is 14.9 Å². The summed E-state index contributed by atoms with van der Waals surface area (Å²) in [5.74, 6) is 0. The molecule has 0 aromatic rings. The van der Waals surface area contributed by atoms with Gasteiger partial charge in [-0.15, -0.1) is 0 Å². The summed E-state index contributed by atoms with van der Waals surface area (Å²) >= 11 is 0. The highest BCUT2D eigenvalue weighted by Crippen LogP contribution is 2.21. The van der Waals surface area contributed by atoms with Gasteiger partial charge in [0.15, 0.2) is 0 Å². The lowest BCUT2D eigenvalue weighted by atomic mass is 10.0. The number of aliphatic hydroxyl groups is 1. The van der Waals surface area contributed by atoms with Crippen LogP contribution in [0, 0.1) is 0 Å². The second-order valence-electron chi connectivity index (χ2n) is 12.1. The molecule has 0 aromatic heterocycles. The van der Waals surface area contributed by atoms with E-state index in [1.165, 1.54) is 109 Å². The van der Waals surface area contributed by atoms with Crippen LogP contribution < -0.4 is 0 Å². The van der Waals surface area contributed by atoms with Crippen LogP contribution in [0.4, 0.5) is 0 Å². The maximum absolute atomic E-state index is 9.98. The van der Waals surface area contributed by atoms with Crippen molar-refractivity contribution in [1.82, 2.24) is 0 Å². The molecule has 228 valence electrons. The third-order valence-electron chi connectivity index (χ3n) is 7.86. The van der Waals surface area contributed by atoms with E-state index in [4.69, 9.17) is 18.0 Å². The van der Waals surface area contributed by atoms with Crippen molar-refractivity contribution in [3.63, 3.8) is 0 Å². The van der Waals surface area contributed by atoms with Crippen molar-refractivity contribution in [3.8, 4) is 0 Å². The maximum Gasteiger partial charge on any atom is 0.501 e. The SMILES string of the molecule is CCCCCCCCCCCCCCCCCC[N+](C)(C)CCC[Si]1(OCC)OCCOCC(O)CCO1. The Labute approximate surface area is 238 Å². The van der Waals surface area contributed by atoms with Crippen LogP contribution >= 0.6 is 0 Å². The molecular weight excluding hydrogens is 494 g/mol. The summed E-state index contributed by atoms with van der Waals surface area (Å²) in [5, 5.41) is 9.98. The largest absolute Gasteiger partial charge is 0.501 e. The van der Waals surface area contributed by atoms with Gasteiger partial charge in [0, 0.05) is 25.7 Å². The van der Waals surface area contributed by atoms with E-state index in [0.717, 1.165) is 23.5 Å². The summed E-state index contributed by atoms with van der Waals surface area (Å²) in [6.45, 7) is 8.97. The second kappa shape index (κ2) is 23.7. The van der Waals surface area contributed by atoms with E-state index in [9.17, 15) is 5.11 Å². The van der Waals surface area contributed by atoms with Crippen molar-refractivity contribution in [2.24, 2.45) is 0 Å². The van der Waals surface area contributed by atoms with Gasteiger partial charge in [0.1, 0.15) is 0 Å². The first kappa shape index (κ1) is 36.0. The number of hydrogen-bond acceptors (Lipinski definition) is 5. The fourth-order valence-electron chi connectivity index (χ4n) is 5.39. The third-order valence-corrected chi connectivity index (χ3v) is 10.8. The third kappa shape index (κ3) is 19.9. The number of unbranched alkanes of at least 4 members (excludes halogenated alkanes) is 15. The Morgan fingerprint density at radius 2 is 1.18 bits per heavy atom. The molecule has 0 spiro atoms. The number of aliphatic hydroxyl groups excluding tert-OH is 1. The molecule has 7 heteroatoms. The smallest absolute Gasteiger partial charge is 0.391 e. The Kier molecular flexibility index (Phi) is 22.4. The molecule has 0 saturated carbocycles. The van der Waals surface area contributed by atoms with E-state index in [0.29, 0.717) is 39.5 Å². The quantitative estimate of drug-likeness (QED) is 0.0796. The fraction of sp³-hybridized carbons (Fsp3) is 1.00. The summed E-state index contributed by atoms with van der Waals surface area (Å²) in [7, 11) is 1.97. The Hall–Kier alpha value is -0.0231. The molecule has 2 unspecified atom stereocenters. The molecule has 0 amide bonds. The molecule has 1 rings (SSSR count). The monoisotopic (exact) mass is 560 g/mol. The number of nitrogens with zero attached hydrogens (tertiary/aromatic N) is 1. The van der Waals surface area contributed by atoms with Crippen molar-refractivity contribution in [1.29, 1.82) is 0 Å². The van der Waals surface area contributed by atoms with Crippen LogP contribution in [0.15, 0.2) is 0 Å². The van der Waals surface area contributed by atoms with Gasteiger partial charge in [-0.05, 0) is 26.2 Å². The zero-order valence-electron chi connectivity index (χ0n) is 26.0. The van der Waals surface area contributed by atoms with Crippen LogP contribution in [0.25, 0.3) is 0 Å². The molecule has 1 saturated heterocycles. The van der Waals surface area contributed by atoms with E-state index in [1.807, 2.05) is 6.92 Å². The Morgan fingerprint density at radius 3 is 1.74 bits per heavy atom. The molecule has 0 aliphatic carbocycles. The molecule has 2 atom stereocenters. The zero-order chi connectivity index (χ0) is 27.8. The first-order valence-electron chi connectivity index (χ1n) is 16.4. The Balaban J connectivity index is 2.08. The average molecular weight is 561 g/mol. The van der Waals surface area contributed by atoms with Crippen LogP contribution in [0.5, 0.6) is 0 Å². The van der Waals surface area contributed by atoms with Gasteiger partial charge in [-0.3, -0.25) is 0 Å². The number of hydrogen-bond donors (Lipinski definition) is 1. The normalized spacial score (nSPS) is 21.6. The van der Waals surface area contributed by atoms with Crippen LogP contribution in [-0.4, -0.2) is 84.7 Å².